The van der Waals surface area contributed by atoms with Crippen molar-refractivity contribution in [2.75, 3.05) is 13.1 Å². The number of alkyl halides is 3. The van der Waals surface area contributed by atoms with E-state index in [9.17, 15) is 13.2 Å². The van der Waals surface area contributed by atoms with E-state index in [2.05, 4.69) is 31.5 Å². The maximum atomic E-state index is 12.6. The molecule has 1 saturated heterocycles. The highest BCUT2D eigenvalue weighted by Gasteiger charge is 2.38. The second-order valence-electron chi connectivity index (χ2n) is 7.19. The zero-order valence-corrected chi connectivity index (χ0v) is 16.0. The zero-order chi connectivity index (χ0) is 20.4. The van der Waals surface area contributed by atoms with Crippen LogP contribution < -0.4 is 5.32 Å². The van der Waals surface area contributed by atoms with Crippen molar-refractivity contribution in [1.82, 2.24) is 25.0 Å². The molecule has 3 aromatic rings. The summed E-state index contributed by atoms with van der Waals surface area (Å²) in [6.45, 7) is 4.10. The Morgan fingerprint density at radius 3 is 2.83 bits per heavy atom. The molecule has 0 saturated carbocycles. The van der Waals surface area contributed by atoms with Crippen LogP contribution >= 0.6 is 0 Å². The van der Waals surface area contributed by atoms with Gasteiger partial charge in [-0.3, -0.25) is 0 Å². The lowest BCUT2D eigenvalue weighted by Crippen LogP contribution is -2.15. The van der Waals surface area contributed by atoms with Crippen molar-refractivity contribution >= 4 is 23.2 Å². The van der Waals surface area contributed by atoms with E-state index in [1.165, 1.54) is 6.08 Å². The van der Waals surface area contributed by atoms with Crippen LogP contribution in [0.15, 0.2) is 22.7 Å². The van der Waals surface area contributed by atoms with E-state index >= 15 is 0 Å². The Hall–Kier alpha value is -2.68. The van der Waals surface area contributed by atoms with Crippen molar-refractivity contribution in [2.24, 2.45) is 0 Å². The van der Waals surface area contributed by atoms with E-state index in [1.54, 1.807) is 6.08 Å². The van der Waals surface area contributed by atoms with Gasteiger partial charge in [0, 0.05) is 19.0 Å². The molecule has 2 aromatic heterocycles. The summed E-state index contributed by atoms with van der Waals surface area (Å²) >= 11 is 0. The minimum Gasteiger partial charge on any atom is -0.329 e. The summed E-state index contributed by atoms with van der Waals surface area (Å²) in [6, 6.07) is 6.28. The van der Waals surface area contributed by atoms with Gasteiger partial charge >= 0.3 is 12.1 Å². The first kappa shape index (κ1) is 19.6. The third-order valence-electron chi connectivity index (χ3n) is 5.05. The summed E-state index contributed by atoms with van der Waals surface area (Å²) in [6.07, 6.45) is 2.60. The number of fused-ring (bicyclic) bond motifs is 1. The van der Waals surface area contributed by atoms with Crippen LogP contribution in [0.2, 0.25) is 0 Å². The molecule has 1 fully saturated rings. The first-order valence-electron chi connectivity index (χ1n) is 9.76. The number of imidazole rings is 1. The molecule has 0 aliphatic carbocycles. The molecule has 0 bridgehead atoms. The Bertz CT molecular complexity index is 1010. The number of nitrogens with one attached hydrogen (secondary N) is 1. The first-order valence-corrected chi connectivity index (χ1v) is 9.76. The van der Waals surface area contributed by atoms with Crippen LogP contribution in [0.3, 0.4) is 0 Å². The quantitative estimate of drug-likeness (QED) is 0.655. The van der Waals surface area contributed by atoms with Gasteiger partial charge in [-0.2, -0.15) is 18.2 Å². The van der Waals surface area contributed by atoms with E-state index in [0.29, 0.717) is 6.04 Å². The average Bonchev–Trinajstić information content (AvgIpc) is 3.42. The molecule has 9 heteroatoms. The third-order valence-corrected chi connectivity index (χ3v) is 5.05. The van der Waals surface area contributed by atoms with Gasteiger partial charge in [0.25, 0.3) is 0 Å². The smallest absolute Gasteiger partial charge is 0.329 e. The molecule has 6 nitrogen and oxygen atoms in total. The SMILES string of the molecule is CCCCc1nc2cc(/C=C/c3noc(C(F)(F)F)n3)ccc2n1C1CCNC1. The van der Waals surface area contributed by atoms with Gasteiger partial charge in [0.15, 0.2) is 5.82 Å². The number of hydrogen-bond acceptors (Lipinski definition) is 5. The number of aromatic nitrogens is 4. The monoisotopic (exact) mass is 405 g/mol. The Kier molecular flexibility index (Phi) is 5.40. The number of unbranched alkanes of at least 4 members (excludes halogenated alkanes) is 1. The molecule has 1 aromatic carbocycles. The standard InChI is InChI=1S/C20H22F3N5O/c1-2-3-4-18-25-15-11-13(5-7-16(15)28(18)14-9-10-24-12-14)6-8-17-26-19(29-27-17)20(21,22)23/h5-8,11,14,24H,2-4,9-10,12H2,1H3/b8-6+. The van der Waals surface area contributed by atoms with Crippen molar-refractivity contribution in [2.45, 2.75) is 44.8 Å². The molecular weight excluding hydrogens is 383 g/mol. The van der Waals surface area contributed by atoms with Crippen LogP contribution in [0.4, 0.5) is 13.2 Å². The number of benzene rings is 1. The summed E-state index contributed by atoms with van der Waals surface area (Å²) in [7, 11) is 0. The lowest BCUT2D eigenvalue weighted by molar-refractivity contribution is -0.159. The molecule has 1 atom stereocenters. The van der Waals surface area contributed by atoms with Crippen LogP contribution in [0.5, 0.6) is 0 Å². The number of halogens is 3. The Balaban J connectivity index is 1.62. The average molecular weight is 405 g/mol. The van der Waals surface area contributed by atoms with Crippen molar-refractivity contribution in [3.8, 4) is 0 Å². The number of rotatable bonds is 6. The van der Waals surface area contributed by atoms with Gasteiger partial charge < -0.3 is 14.4 Å². The Labute approximate surface area is 165 Å². The molecule has 1 N–H and O–H groups in total. The van der Waals surface area contributed by atoms with Crippen LogP contribution in [0.1, 0.15) is 55.3 Å². The van der Waals surface area contributed by atoms with Gasteiger partial charge in [-0.1, -0.05) is 30.6 Å². The van der Waals surface area contributed by atoms with Gasteiger partial charge in [-0.15, -0.1) is 0 Å². The van der Waals surface area contributed by atoms with Gasteiger partial charge in [0.05, 0.1) is 11.0 Å². The van der Waals surface area contributed by atoms with Crippen molar-refractivity contribution in [1.29, 1.82) is 0 Å². The van der Waals surface area contributed by atoms with Crippen molar-refractivity contribution in [3.05, 3.63) is 41.3 Å². The highest BCUT2D eigenvalue weighted by atomic mass is 19.4. The van der Waals surface area contributed by atoms with E-state index in [-0.39, 0.29) is 5.82 Å². The van der Waals surface area contributed by atoms with E-state index < -0.39 is 12.1 Å². The van der Waals surface area contributed by atoms with E-state index in [0.717, 1.165) is 61.2 Å². The lowest BCUT2D eigenvalue weighted by atomic mass is 10.1. The highest BCUT2D eigenvalue weighted by Crippen LogP contribution is 2.29. The number of hydrogen-bond donors (Lipinski definition) is 1. The Morgan fingerprint density at radius 2 is 2.14 bits per heavy atom. The van der Waals surface area contributed by atoms with Crippen molar-refractivity contribution < 1.29 is 17.7 Å². The van der Waals surface area contributed by atoms with Crippen LogP contribution in [-0.2, 0) is 12.6 Å². The van der Waals surface area contributed by atoms with E-state index in [1.807, 2.05) is 18.2 Å². The maximum Gasteiger partial charge on any atom is 0.471 e. The number of nitrogens with zero attached hydrogens (tertiary/aromatic N) is 4. The van der Waals surface area contributed by atoms with E-state index in [4.69, 9.17) is 4.98 Å². The predicted octanol–water partition coefficient (Wildman–Crippen LogP) is 4.49. The summed E-state index contributed by atoms with van der Waals surface area (Å²) in [5.41, 5.74) is 2.78. The first-order chi connectivity index (χ1) is 14.0. The molecule has 1 unspecified atom stereocenters. The summed E-state index contributed by atoms with van der Waals surface area (Å²) in [4.78, 5) is 8.20. The van der Waals surface area contributed by atoms with Crippen molar-refractivity contribution in [3.63, 3.8) is 0 Å². The fourth-order valence-corrected chi connectivity index (χ4v) is 3.64. The molecule has 1 aliphatic heterocycles. The summed E-state index contributed by atoms with van der Waals surface area (Å²) in [5.74, 6) is -0.384. The Morgan fingerprint density at radius 1 is 1.28 bits per heavy atom. The zero-order valence-electron chi connectivity index (χ0n) is 16.0. The minimum atomic E-state index is -4.64. The lowest BCUT2D eigenvalue weighted by Gasteiger charge is -2.15. The van der Waals surface area contributed by atoms with Crippen LogP contribution in [0, 0.1) is 0 Å². The molecule has 0 radical (unpaired) electrons. The molecule has 29 heavy (non-hydrogen) atoms. The van der Waals surface area contributed by atoms with Gasteiger partial charge in [-0.05, 0) is 43.2 Å². The second kappa shape index (κ2) is 7.98. The van der Waals surface area contributed by atoms with Crippen LogP contribution in [-0.4, -0.2) is 32.8 Å². The molecular formula is C20H22F3N5O. The largest absolute Gasteiger partial charge is 0.471 e. The maximum absolute atomic E-state index is 12.6. The summed E-state index contributed by atoms with van der Waals surface area (Å²) in [5, 5.41) is 6.75. The highest BCUT2D eigenvalue weighted by molar-refractivity contribution is 5.81. The van der Waals surface area contributed by atoms with Gasteiger partial charge in [0.2, 0.25) is 0 Å². The van der Waals surface area contributed by atoms with Crippen LogP contribution in [0.25, 0.3) is 23.2 Å². The third kappa shape index (κ3) is 4.19. The second-order valence-corrected chi connectivity index (χ2v) is 7.19. The topological polar surface area (TPSA) is 68.8 Å². The van der Waals surface area contributed by atoms with Gasteiger partial charge in [0.1, 0.15) is 5.82 Å². The molecule has 3 heterocycles. The fraction of sp³-hybridized carbons (Fsp3) is 0.450. The molecule has 0 spiro atoms. The molecule has 0 amide bonds. The fourth-order valence-electron chi connectivity index (χ4n) is 3.64. The number of aryl methyl sites for hydroxylation is 1. The predicted molar refractivity (Wildman–Crippen MR) is 103 cm³/mol. The molecule has 4 rings (SSSR count). The minimum absolute atomic E-state index is 0.122. The molecule has 1 aliphatic rings. The summed E-state index contributed by atoms with van der Waals surface area (Å²) < 4.78 is 44.3. The van der Waals surface area contributed by atoms with Gasteiger partial charge in [-0.25, -0.2) is 4.98 Å². The molecule has 154 valence electrons. The normalized spacial score (nSPS) is 17.7.